The smallest absolute Gasteiger partial charge is 0.338 e. The Morgan fingerprint density at radius 1 is 1.47 bits per heavy atom. The zero-order chi connectivity index (χ0) is 14.0. The SMILES string of the molecule is COC(=O)c1cccc2c1c(C=O)nn2CC(C)C. The highest BCUT2D eigenvalue weighted by molar-refractivity contribution is 6.09. The van der Waals surface area contributed by atoms with Gasteiger partial charge in [0.15, 0.2) is 6.29 Å². The molecule has 0 spiro atoms. The number of methoxy groups -OCH3 is 1. The summed E-state index contributed by atoms with van der Waals surface area (Å²) in [6.45, 7) is 4.82. The molecule has 5 nitrogen and oxygen atoms in total. The molecule has 0 aliphatic heterocycles. The molecule has 0 radical (unpaired) electrons. The Bertz CT molecular complexity index is 629. The van der Waals surface area contributed by atoms with Crippen LogP contribution in [-0.4, -0.2) is 29.1 Å². The molecule has 1 aromatic carbocycles. The van der Waals surface area contributed by atoms with Gasteiger partial charge in [0.2, 0.25) is 0 Å². The number of rotatable bonds is 4. The number of ether oxygens (including phenoxy) is 1. The Balaban J connectivity index is 2.71. The van der Waals surface area contributed by atoms with E-state index in [1.54, 1.807) is 16.8 Å². The Morgan fingerprint density at radius 2 is 2.21 bits per heavy atom. The second-order valence-corrected chi connectivity index (χ2v) is 4.77. The Hall–Kier alpha value is -2.17. The number of benzene rings is 1. The number of aromatic nitrogens is 2. The summed E-state index contributed by atoms with van der Waals surface area (Å²) >= 11 is 0. The maximum Gasteiger partial charge on any atom is 0.338 e. The molecule has 0 bridgehead atoms. The first-order valence-electron chi connectivity index (χ1n) is 6.11. The van der Waals surface area contributed by atoms with Crippen LogP contribution < -0.4 is 0 Å². The number of esters is 1. The first-order chi connectivity index (χ1) is 9.08. The molecule has 5 heteroatoms. The molecule has 0 N–H and O–H groups in total. The minimum absolute atomic E-state index is 0.275. The average molecular weight is 260 g/mol. The predicted octanol–water partition coefficient (Wildman–Crippen LogP) is 2.29. The zero-order valence-electron chi connectivity index (χ0n) is 11.2. The van der Waals surface area contributed by atoms with Crippen LogP contribution in [0.2, 0.25) is 0 Å². The first-order valence-corrected chi connectivity index (χ1v) is 6.11. The summed E-state index contributed by atoms with van der Waals surface area (Å²) in [6.07, 6.45) is 0.672. The van der Waals surface area contributed by atoms with E-state index in [-0.39, 0.29) is 5.69 Å². The van der Waals surface area contributed by atoms with E-state index in [0.717, 1.165) is 5.52 Å². The molecule has 0 aliphatic rings. The van der Waals surface area contributed by atoms with Crippen LogP contribution in [0.25, 0.3) is 10.9 Å². The number of aldehydes is 1. The predicted molar refractivity (Wildman–Crippen MR) is 71.3 cm³/mol. The van der Waals surface area contributed by atoms with Crippen molar-refractivity contribution in [3.8, 4) is 0 Å². The van der Waals surface area contributed by atoms with Crippen molar-refractivity contribution in [2.24, 2.45) is 5.92 Å². The normalized spacial score (nSPS) is 10.9. The van der Waals surface area contributed by atoms with Crippen molar-refractivity contribution in [3.63, 3.8) is 0 Å². The number of hydrogen-bond acceptors (Lipinski definition) is 4. The second kappa shape index (κ2) is 5.22. The van der Waals surface area contributed by atoms with Gasteiger partial charge in [0.1, 0.15) is 5.69 Å². The third kappa shape index (κ3) is 2.36. The van der Waals surface area contributed by atoms with E-state index in [2.05, 4.69) is 18.9 Å². The summed E-state index contributed by atoms with van der Waals surface area (Å²) in [5, 5.41) is 4.83. The van der Waals surface area contributed by atoms with Crippen LogP contribution in [0.4, 0.5) is 0 Å². The van der Waals surface area contributed by atoms with Crippen LogP contribution in [0.3, 0.4) is 0 Å². The average Bonchev–Trinajstić information content (AvgIpc) is 2.75. The van der Waals surface area contributed by atoms with E-state index in [1.807, 2.05) is 6.07 Å². The molecule has 0 aliphatic carbocycles. The lowest BCUT2D eigenvalue weighted by Crippen LogP contribution is -2.06. The molecule has 0 saturated heterocycles. The van der Waals surface area contributed by atoms with Gasteiger partial charge in [-0.3, -0.25) is 9.48 Å². The molecule has 1 heterocycles. The summed E-state index contributed by atoms with van der Waals surface area (Å²) in [6, 6.07) is 5.26. The molecule has 19 heavy (non-hydrogen) atoms. The van der Waals surface area contributed by atoms with Crippen molar-refractivity contribution in [1.29, 1.82) is 0 Å². The summed E-state index contributed by atoms with van der Waals surface area (Å²) in [7, 11) is 1.32. The van der Waals surface area contributed by atoms with Gasteiger partial charge in [-0.2, -0.15) is 5.10 Å². The van der Waals surface area contributed by atoms with Crippen molar-refractivity contribution in [3.05, 3.63) is 29.5 Å². The quantitative estimate of drug-likeness (QED) is 0.625. The second-order valence-electron chi connectivity index (χ2n) is 4.77. The lowest BCUT2D eigenvalue weighted by molar-refractivity contribution is 0.0603. The molecule has 1 aromatic heterocycles. The maximum atomic E-state index is 11.8. The fourth-order valence-corrected chi connectivity index (χ4v) is 2.11. The van der Waals surface area contributed by atoms with Crippen molar-refractivity contribution in [1.82, 2.24) is 9.78 Å². The molecule has 2 aromatic rings. The molecule has 0 amide bonds. The van der Waals surface area contributed by atoms with Crippen molar-refractivity contribution >= 4 is 23.2 Å². The van der Waals surface area contributed by atoms with Crippen LogP contribution in [0.15, 0.2) is 18.2 Å². The number of fused-ring (bicyclic) bond motifs is 1. The van der Waals surface area contributed by atoms with Gasteiger partial charge in [0.25, 0.3) is 0 Å². The minimum atomic E-state index is -0.460. The van der Waals surface area contributed by atoms with Crippen LogP contribution in [-0.2, 0) is 11.3 Å². The van der Waals surface area contributed by atoms with Gasteiger partial charge in [-0.1, -0.05) is 19.9 Å². The van der Waals surface area contributed by atoms with Crippen LogP contribution in [0, 0.1) is 5.92 Å². The minimum Gasteiger partial charge on any atom is -0.465 e. The van der Waals surface area contributed by atoms with E-state index >= 15 is 0 Å². The van der Waals surface area contributed by atoms with Crippen LogP contribution >= 0.6 is 0 Å². The van der Waals surface area contributed by atoms with Gasteiger partial charge in [0, 0.05) is 11.9 Å². The first kappa shape index (κ1) is 13.3. The summed E-state index contributed by atoms with van der Waals surface area (Å²) in [4.78, 5) is 22.9. The van der Waals surface area contributed by atoms with Crippen molar-refractivity contribution < 1.29 is 14.3 Å². The third-order valence-corrected chi connectivity index (χ3v) is 2.86. The third-order valence-electron chi connectivity index (χ3n) is 2.86. The summed E-state index contributed by atoms with van der Waals surface area (Å²) in [5.74, 6) is -0.0674. The van der Waals surface area contributed by atoms with Gasteiger partial charge in [-0.05, 0) is 18.1 Å². The molecule has 0 fully saturated rings. The zero-order valence-corrected chi connectivity index (χ0v) is 11.2. The van der Waals surface area contributed by atoms with Crippen LogP contribution in [0.1, 0.15) is 34.7 Å². The van der Waals surface area contributed by atoms with E-state index in [0.29, 0.717) is 29.7 Å². The van der Waals surface area contributed by atoms with Crippen molar-refractivity contribution in [2.45, 2.75) is 20.4 Å². The lowest BCUT2D eigenvalue weighted by atomic mass is 10.1. The Morgan fingerprint density at radius 3 is 2.79 bits per heavy atom. The van der Waals surface area contributed by atoms with Gasteiger partial charge in [-0.15, -0.1) is 0 Å². The summed E-state index contributed by atoms with van der Waals surface area (Å²) < 4.78 is 6.50. The Kier molecular flexibility index (Phi) is 3.64. The molecule has 100 valence electrons. The fraction of sp³-hybridized carbons (Fsp3) is 0.357. The highest BCUT2D eigenvalue weighted by atomic mass is 16.5. The summed E-state index contributed by atoms with van der Waals surface area (Å²) in [5.41, 5.74) is 1.42. The number of hydrogen-bond donors (Lipinski definition) is 0. The molecule has 2 rings (SSSR count). The molecule has 0 unspecified atom stereocenters. The van der Waals surface area contributed by atoms with E-state index in [1.165, 1.54) is 7.11 Å². The molecule has 0 saturated carbocycles. The molecular formula is C14H16N2O3. The number of carbonyl (C=O) groups excluding carboxylic acids is 2. The van der Waals surface area contributed by atoms with E-state index in [4.69, 9.17) is 4.74 Å². The maximum absolute atomic E-state index is 11.8. The van der Waals surface area contributed by atoms with Crippen LogP contribution in [0.5, 0.6) is 0 Å². The molecular weight excluding hydrogens is 244 g/mol. The topological polar surface area (TPSA) is 61.2 Å². The molecule has 0 atom stereocenters. The Labute approximate surface area is 111 Å². The number of carbonyl (C=O) groups is 2. The van der Waals surface area contributed by atoms with Gasteiger partial charge >= 0.3 is 5.97 Å². The largest absolute Gasteiger partial charge is 0.465 e. The van der Waals surface area contributed by atoms with Gasteiger partial charge in [0.05, 0.1) is 18.2 Å². The highest BCUT2D eigenvalue weighted by Gasteiger charge is 2.18. The van der Waals surface area contributed by atoms with E-state index in [9.17, 15) is 9.59 Å². The monoisotopic (exact) mass is 260 g/mol. The highest BCUT2D eigenvalue weighted by Crippen LogP contribution is 2.23. The standard InChI is InChI=1S/C14H16N2O3/c1-9(2)7-16-12-6-4-5-10(14(18)19-3)13(12)11(8-17)15-16/h4-6,8-9H,7H2,1-3H3. The van der Waals surface area contributed by atoms with Gasteiger partial charge in [-0.25, -0.2) is 4.79 Å². The van der Waals surface area contributed by atoms with Gasteiger partial charge < -0.3 is 4.74 Å². The number of nitrogens with zero attached hydrogens (tertiary/aromatic N) is 2. The fourth-order valence-electron chi connectivity index (χ4n) is 2.11. The van der Waals surface area contributed by atoms with E-state index < -0.39 is 5.97 Å². The van der Waals surface area contributed by atoms with Crippen molar-refractivity contribution in [2.75, 3.05) is 7.11 Å². The lowest BCUT2D eigenvalue weighted by Gasteiger charge is -2.06.